The maximum Gasteiger partial charge on any atom is 0.326 e. The van der Waals surface area contributed by atoms with Gasteiger partial charge < -0.3 is 9.88 Å². The molecular weight excluding hydrogens is 314 g/mol. The fraction of sp³-hybridized carbons (Fsp3) is 0.600. The second kappa shape index (κ2) is 7.89. The highest BCUT2D eigenvalue weighted by atomic mass is 16.2. The Labute approximate surface area is 149 Å². The number of carbonyl (C=O) groups is 1. The quantitative estimate of drug-likeness (QED) is 0.869. The van der Waals surface area contributed by atoms with Crippen LogP contribution in [-0.4, -0.2) is 33.4 Å². The summed E-state index contributed by atoms with van der Waals surface area (Å²) >= 11 is 0. The van der Waals surface area contributed by atoms with Crippen LogP contribution in [0.15, 0.2) is 29.1 Å². The molecular formula is C20H29N3O2. The number of carbonyl (C=O) groups excluding carboxylic acids is 1. The summed E-state index contributed by atoms with van der Waals surface area (Å²) in [7, 11) is 0. The molecule has 0 unspecified atom stereocenters. The predicted molar refractivity (Wildman–Crippen MR) is 101 cm³/mol. The van der Waals surface area contributed by atoms with Crippen molar-refractivity contribution in [2.75, 3.05) is 13.1 Å². The highest BCUT2D eigenvalue weighted by Gasteiger charge is 2.29. The first-order valence-corrected chi connectivity index (χ1v) is 9.63. The van der Waals surface area contributed by atoms with Gasteiger partial charge in [0, 0.05) is 25.0 Å². The maximum atomic E-state index is 12.8. The molecule has 1 aromatic carbocycles. The van der Waals surface area contributed by atoms with Crippen molar-refractivity contribution in [1.29, 1.82) is 0 Å². The minimum absolute atomic E-state index is 0.0409. The van der Waals surface area contributed by atoms with Crippen molar-refractivity contribution in [2.24, 2.45) is 5.92 Å². The molecule has 0 bridgehead atoms. The van der Waals surface area contributed by atoms with Crippen molar-refractivity contribution in [3.8, 4) is 0 Å². The van der Waals surface area contributed by atoms with E-state index >= 15 is 0 Å². The molecule has 0 radical (unpaired) electrons. The summed E-state index contributed by atoms with van der Waals surface area (Å²) in [5.41, 5.74) is 1.81. The van der Waals surface area contributed by atoms with Crippen LogP contribution in [0, 0.1) is 5.92 Å². The molecule has 1 fully saturated rings. The van der Waals surface area contributed by atoms with Crippen LogP contribution in [0.1, 0.15) is 58.4 Å². The number of nitrogens with zero attached hydrogens (tertiary/aromatic N) is 2. The minimum atomic E-state index is -0.0409. The number of amides is 1. The van der Waals surface area contributed by atoms with Crippen LogP contribution >= 0.6 is 0 Å². The molecule has 25 heavy (non-hydrogen) atoms. The van der Waals surface area contributed by atoms with Crippen molar-refractivity contribution in [2.45, 2.75) is 58.4 Å². The molecule has 0 spiro atoms. The van der Waals surface area contributed by atoms with Crippen molar-refractivity contribution in [3.05, 3.63) is 34.7 Å². The van der Waals surface area contributed by atoms with Gasteiger partial charge in [0.25, 0.3) is 0 Å². The Morgan fingerprint density at radius 1 is 1.16 bits per heavy atom. The lowest BCUT2D eigenvalue weighted by molar-refractivity contribution is -0.137. The van der Waals surface area contributed by atoms with E-state index in [0.717, 1.165) is 62.6 Å². The normalized spacial score (nSPS) is 16.0. The molecule has 2 aromatic rings. The van der Waals surface area contributed by atoms with Crippen molar-refractivity contribution in [1.82, 2.24) is 14.5 Å². The molecule has 0 aliphatic carbocycles. The summed E-state index contributed by atoms with van der Waals surface area (Å²) < 4.78 is 1.88. The molecule has 1 amide bonds. The average Bonchev–Trinajstić information content (AvgIpc) is 2.97. The van der Waals surface area contributed by atoms with Gasteiger partial charge in [-0.25, -0.2) is 4.79 Å². The number of rotatable bonds is 6. The Balaban J connectivity index is 1.70. The molecule has 1 aliphatic rings. The Kier molecular flexibility index (Phi) is 5.61. The molecule has 1 saturated heterocycles. The summed E-state index contributed by atoms with van der Waals surface area (Å²) in [5.74, 6) is 0.482. The van der Waals surface area contributed by atoms with Gasteiger partial charge in [-0.3, -0.25) is 9.36 Å². The second-order valence-corrected chi connectivity index (χ2v) is 7.15. The first-order valence-electron chi connectivity index (χ1n) is 9.63. The number of aromatic nitrogens is 2. The van der Waals surface area contributed by atoms with Crippen molar-refractivity contribution >= 4 is 16.9 Å². The standard InChI is InChI=1S/C20H29N3O2/c1-3-7-15(8-4-2)19(24)22-13-11-16(12-14-22)23-18-10-6-5-9-17(18)21-20(23)25/h5-6,9-10,15-16H,3-4,7-8,11-14H2,1-2H3,(H,21,25). The molecule has 0 atom stereocenters. The first kappa shape index (κ1) is 17.8. The van der Waals surface area contributed by atoms with Crippen LogP contribution in [0.25, 0.3) is 11.0 Å². The molecule has 3 rings (SSSR count). The third kappa shape index (κ3) is 3.65. The molecule has 1 aromatic heterocycles. The van der Waals surface area contributed by atoms with Gasteiger partial charge in [-0.15, -0.1) is 0 Å². The lowest BCUT2D eigenvalue weighted by atomic mass is 9.95. The van der Waals surface area contributed by atoms with Gasteiger partial charge in [0.05, 0.1) is 11.0 Å². The van der Waals surface area contributed by atoms with Crippen LogP contribution in [0.2, 0.25) is 0 Å². The summed E-state index contributed by atoms with van der Waals surface area (Å²) in [5, 5.41) is 0. The summed E-state index contributed by atoms with van der Waals surface area (Å²) in [6, 6.07) is 7.99. The van der Waals surface area contributed by atoms with E-state index in [1.807, 2.05) is 33.7 Å². The van der Waals surface area contributed by atoms with E-state index in [9.17, 15) is 9.59 Å². The predicted octanol–water partition coefficient (Wildman–Crippen LogP) is 3.71. The van der Waals surface area contributed by atoms with Crippen LogP contribution in [0.4, 0.5) is 0 Å². The lowest BCUT2D eigenvalue weighted by Crippen LogP contribution is -2.43. The van der Waals surface area contributed by atoms with E-state index < -0.39 is 0 Å². The fourth-order valence-corrected chi connectivity index (χ4v) is 4.13. The van der Waals surface area contributed by atoms with Gasteiger partial charge >= 0.3 is 5.69 Å². The molecule has 2 heterocycles. The number of hydrogen-bond acceptors (Lipinski definition) is 2. The topological polar surface area (TPSA) is 58.1 Å². The smallest absolute Gasteiger partial charge is 0.326 e. The SMILES string of the molecule is CCCC(CCC)C(=O)N1CCC(n2c(=O)[nH]c3ccccc32)CC1. The van der Waals surface area contributed by atoms with E-state index in [1.54, 1.807) is 0 Å². The minimum Gasteiger partial charge on any atom is -0.342 e. The zero-order valence-corrected chi connectivity index (χ0v) is 15.3. The van der Waals surface area contributed by atoms with Gasteiger partial charge in [0.1, 0.15) is 0 Å². The number of imidazole rings is 1. The lowest BCUT2D eigenvalue weighted by Gasteiger charge is -2.34. The number of nitrogens with one attached hydrogen (secondary N) is 1. The first-order chi connectivity index (χ1) is 12.2. The fourth-order valence-electron chi connectivity index (χ4n) is 4.13. The van der Waals surface area contributed by atoms with Gasteiger partial charge in [-0.1, -0.05) is 38.8 Å². The number of benzene rings is 1. The van der Waals surface area contributed by atoms with E-state index in [2.05, 4.69) is 18.8 Å². The molecule has 136 valence electrons. The van der Waals surface area contributed by atoms with Crippen molar-refractivity contribution < 1.29 is 4.79 Å². The molecule has 5 nitrogen and oxygen atoms in total. The zero-order chi connectivity index (χ0) is 17.8. The van der Waals surface area contributed by atoms with Gasteiger partial charge in [0.2, 0.25) is 5.91 Å². The Morgan fingerprint density at radius 2 is 1.80 bits per heavy atom. The zero-order valence-electron chi connectivity index (χ0n) is 15.3. The number of likely N-dealkylation sites (tertiary alicyclic amines) is 1. The van der Waals surface area contributed by atoms with Gasteiger partial charge in [0.15, 0.2) is 0 Å². The monoisotopic (exact) mass is 343 g/mol. The highest BCUT2D eigenvalue weighted by Crippen LogP contribution is 2.27. The molecule has 1 N–H and O–H groups in total. The third-order valence-corrected chi connectivity index (χ3v) is 5.39. The van der Waals surface area contributed by atoms with Gasteiger partial charge in [-0.2, -0.15) is 0 Å². The molecule has 0 saturated carbocycles. The Morgan fingerprint density at radius 3 is 2.44 bits per heavy atom. The average molecular weight is 343 g/mol. The summed E-state index contributed by atoms with van der Waals surface area (Å²) in [6.07, 6.45) is 5.76. The molecule has 1 aliphatic heterocycles. The van der Waals surface area contributed by atoms with E-state index in [0.29, 0.717) is 5.91 Å². The number of aromatic amines is 1. The third-order valence-electron chi connectivity index (χ3n) is 5.39. The number of hydrogen-bond donors (Lipinski definition) is 1. The van der Waals surface area contributed by atoms with Gasteiger partial charge in [-0.05, 0) is 37.8 Å². The Bertz CT molecular complexity index is 763. The number of fused-ring (bicyclic) bond motifs is 1. The number of para-hydroxylation sites is 2. The summed E-state index contributed by atoms with van der Waals surface area (Å²) in [4.78, 5) is 30.1. The molecule has 5 heteroatoms. The maximum absolute atomic E-state index is 12.8. The number of H-pyrrole nitrogens is 1. The van der Waals surface area contributed by atoms with Crippen LogP contribution in [0.5, 0.6) is 0 Å². The summed E-state index contributed by atoms with van der Waals surface area (Å²) in [6.45, 7) is 5.79. The highest BCUT2D eigenvalue weighted by molar-refractivity contribution is 5.79. The van der Waals surface area contributed by atoms with Crippen LogP contribution in [0.3, 0.4) is 0 Å². The van der Waals surface area contributed by atoms with Crippen molar-refractivity contribution in [3.63, 3.8) is 0 Å². The largest absolute Gasteiger partial charge is 0.342 e. The number of piperidine rings is 1. The van der Waals surface area contributed by atoms with Crippen LogP contribution in [-0.2, 0) is 4.79 Å². The second-order valence-electron chi connectivity index (χ2n) is 7.15. The van der Waals surface area contributed by atoms with E-state index in [1.165, 1.54) is 0 Å². The van der Waals surface area contributed by atoms with E-state index in [-0.39, 0.29) is 17.6 Å². The Hall–Kier alpha value is -2.04. The van der Waals surface area contributed by atoms with E-state index in [4.69, 9.17) is 0 Å². The van der Waals surface area contributed by atoms with Crippen LogP contribution < -0.4 is 5.69 Å².